The maximum Gasteiger partial charge on any atom is 0.165 e. The number of phenols is 1. The molecule has 0 aliphatic heterocycles. The van der Waals surface area contributed by atoms with E-state index < -0.39 is 0 Å². The van der Waals surface area contributed by atoms with Crippen LogP contribution in [0.2, 0.25) is 10.0 Å². The highest BCUT2D eigenvalue weighted by Crippen LogP contribution is 2.30. The van der Waals surface area contributed by atoms with Crippen LogP contribution in [0.25, 0.3) is 0 Å². The van der Waals surface area contributed by atoms with Crippen LogP contribution in [0.15, 0.2) is 12.1 Å². The summed E-state index contributed by atoms with van der Waals surface area (Å²) in [6.07, 6.45) is 0.338. The van der Waals surface area contributed by atoms with Gasteiger partial charge in [0.2, 0.25) is 0 Å². The summed E-state index contributed by atoms with van der Waals surface area (Å²) in [5.74, 6) is -0.169. The summed E-state index contributed by atoms with van der Waals surface area (Å²) in [5.41, 5.74) is 0.281. The summed E-state index contributed by atoms with van der Waals surface area (Å²) in [6.45, 7) is 1.72. The molecular formula is C9H8Cl2O2. The van der Waals surface area contributed by atoms with E-state index in [1.54, 1.807) is 6.92 Å². The molecule has 0 saturated carbocycles. The maximum absolute atomic E-state index is 11.3. The molecule has 0 heterocycles. The van der Waals surface area contributed by atoms with E-state index in [1.165, 1.54) is 12.1 Å². The van der Waals surface area contributed by atoms with Crippen LogP contribution in [-0.4, -0.2) is 10.9 Å². The number of hydrogen-bond donors (Lipinski definition) is 1. The van der Waals surface area contributed by atoms with Crippen molar-refractivity contribution in [3.63, 3.8) is 0 Å². The molecule has 1 rings (SSSR count). The molecule has 0 aliphatic carbocycles. The first kappa shape index (κ1) is 10.4. The van der Waals surface area contributed by atoms with Gasteiger partial charge in [-0.05, 0) is 12.1 Å². The van der Waals surface area contributed by atoms with E-state index in [0.29, 0.717) is 6.42 Å². The van der Waals surface area contributed by atoms with Gasteiger partial charge in [-0.2, -0.15) is 0 Å². The third-order valence-corrected chi connectivity index (χ3v) is 2.22. The van der Waals surface area contributed by atoms with Crippen LogP contribution >= 0.6 is 23.2 Å². The molecule has 1 N–H and O–H groups in total. The number of hydrogen-bond acceptors (Lipinski definition) is 2. The Bertz CT molecular complexity index is 324. The largest absolute Gasteiger partial charge is 0.508 e. The molecular weight excluding hydrogens is 211 g/mol. The van der Waals surface area contributed by atoms with Gasteiger partial charge in [0.05, 0.1) is 15.6 Å². The Morgan fingerprint density at radius 1 is 1.38 bits per heavy atom. The lowest BCUT2D eigenvalue weighted by molar-refractivity contribution is 0.0988. The van der Waals surface area contributed by atoms with Gasteiger partial charge in [0, 0.05) is 6.42 Å². The zero-order valence-corrected chi connectivity index (χ0v) is 8.49. The minimum Gasteiger partial charge on any atom is -0.508 e. The van der Waals surface area contributed by atoms with E-state index >= 15 is 0 Å². The molecule has 1 aromatic carbocycles. The average Bonchev–Trinajstić information content (AvgIpc) is 2.02. The maximum atomic E-state index is 11.3. The molecule has 0 unspecified atom stereocenters. The number of carbonyl (C=O) groups excluding carboxylic acids is 1. The van der Waals surface area contributed by atoms with Crippen LogP contribution in [0.3, 0.4) is 0 Å². The minimum atomic E-state index is -0.130. The normalized spacial score (nSPS) is 10.1. The van der Waals surface area contributed by atoms with Gasteiger partial charge in [0.25, 0.3) is 0 Å². The van der Waals surface area contributed by atoms with Crippen molar-refractivity contribution in [3.05, 3.63) is 27.7 Å². The Hall–Kier alpha value is -0.730. The van der Waals surface area contributed by atoms with Crippen LogP contribution in [0.5, 0.6) is 5.75 Å². The number of rotatable bonds is 2. The average molecular weight is 219 g/mol. The Kier molecular flexibility index (Phi) is 3.17. The van der Waals surface area contributed by atoms with E-state index in [0.717, 1.165) is 0 Å². The number of Topliss-reactive ketones (excluding diaryl/α,β-unsaturated/α-hetero) is 1. The SMILES string of the molecule is CCC(=O)c1c(Cl)cc(O)cc1Cl. The fraction of sp³-hybridized carbons (Fsp3) is 0.222. The molecule has 0 radical (unpaired) electrons. The van der Waals surface area contributed by atoms with Crippen molar-refractivity contribution >= 4 is 29.0 Å². The number of carbonyl (C=O) groups is 1. The van der Waals surface area contributed by atoms with E-state index in [9.17, 15) is 4.79 Å². The van der Waals surface area contributed by atoms with E-state index in [2.05, 4.69) is 0 Å². The first-order valence-corrected chi connectivity index (χ1v) is 4.53. The first-order valence-electron chi connectivity index (χ1n) is 3.77. The lowest BCUT2D eigenvalue weighted by atomic mass is 10.1. The monoisotopic (exact) mass is 218 g/mol. The number of ketones is 1. The molecule has 0 bridgehead atoms. The first-order chi connectivity index (χ1) is 6.06. The van der Waals surface area contributed by atoms with Gasteiger partial charge in [-0.25, -0.2) is 0 Å². The number of phenolic OH excluding ortho intramolecular Hbond substituents is 1. The molecule has 0 spiro atoms. The summed E-state index contributed by atoms with van der Waals surface area (Å²) < 4.78 is 0. The quantitative estimate of drug-likeness (QED) is 0.774. The van der Waals surface area contributed by atoms with Crippen LogP contribution in [0, 0.1) is 0 Å². The van der Waals surface area contributed by atoms with Gasteiger partial charge in [0.15, 0.2) is 5.78 Å². The molecule has 0 fully saturated rings. The van der Waals surface area contributed by atoms with E-state index in [1.807, 2.05) is 0 Å². The van der Waals surface area contributed by atoms with Crippen molar-refractivity contribution in [1.29, 1.82) is 0 Å². The predicted octanol–water partition coefficient (Wildman–Crippen LogP) is 3.29. The standard InChI is InChI=1S/C9H8Cl2O2/c1-2-8(13)9-6(10)3-5(12)4-7(9)11/h3-4,12H,2H2,1H3. The lowest BCUT2D eigenvalue weighted by Crippen LogP contribution is -1.98. The minimum absolute atomic E-state index is 0.0392. The second-order valence-corrected chi connectivity index (χ2v) is 3.38. The molecule has 0 saturated heterocycles. The Morgan fingerprint density at radius 2 is 1.85 bits per heavy atom. The molecule has 70 valence electrons. The van der Waals surface area contributed by atoms with Crippen molar-refractivity contribution in [1.82, 2.24) is 0 Å². The highest BCUT2D eigenvalue weighted by molar-refractivity contribution is 6.40. The molecule has 0 atom stereocenters. The summed E-state index contributed by atoms with van der Waals surface area (Å²) in [6, 6.07) is 2.60. The van der Waals surface area contributed by atoms with E-state index in [-0.39, 0.29) is 27.1 Å². The topological polar surface area (TPSA) is 37.3 Å². The molecule has 1 aromatic rings. The summed E-state index contributed by atoms with van der Waals surface area (Å²) in [5, 5.41) is 9.48. The second-order valence-electron chi connectivity index (χ2n) is 2.56. The fourth-order valence-electron chi connectivity index (χ4n) is 1.00. The third-order valence-electron chi connectivity index (χ3n) is 1.63. The molecule has 13 heavy (non-hydrogen) atoms. The smallest absolute Gasteiger partial charge is 0.165 e. The third kappa shape index (κ3) is 2.14. The van der Waals surface area contributed by atoms with Crippen LogP contribution < -0.4 is 0 Å². The second kappa shape index (κ2) is 3.99. The van der Waals surface area contributed by atoms with Crippen molar-refractivity contribution in [2.45, 2.75) is 13.3 Å². The van der Waals surface area contributed by atoms with Crippen molar-refractivity contribution in [2.24, 2.45) is 0 Å². The van der Waals surface area contributed by atoms with Crippen molar-refractivity contribution < 1.29 is 9.90 Å². The number of aromatic hydroxyl groups is 1. The molecule has 0 aromatic heterocycles. The zero-order chi connectivity index (χ0) is 10.0. The number of benzene rings is 1. The van der Waals surface area contributed by atoms with Gasteiger partial charge in [-0.3, -0.25) is 4.79 Å². The highest BCUT2D eigenvalue weighted by Gasteiger charge is 2.13. The van der Waals surface area contributed by atoms with Gasteiger partial charge in [-0.15, -0.1) is 0 Å². The Morgan fingerprint density at radius 3 is 2.23 bits per heavy atom. The van der Waals surface area contributed by atoms with Crippen LogP contribution in [0.4, 0.5) is 0 Å². The van der Waals surface area contributed by atoms with Gasteiger partial charge in [0.1, 0.15) is 5.75 Å². The van der Waals surface area contributed by atoms with Gasteiger partial charge >= 0.3 is 0 Å². The van der Waals surface area contributed by atoms with Gasteiger partial charge in [-0.1, -0.05) is 30.1 Å². The Labute approximate surface area is 86.1 Å². The number of halogens is 2. The predicted molar refractivity (Wildman–Crippen MR) is 52.7 cm³/mol. The lowest BCUT2D eigenvalue weighted by Gasteiger charge is -2.04. The van der Waals surface area contributed by atoms with Crippen molar-refractivity contribution in [3.8, 4) is 5.75 Å². The van der Waals surface area contributed by atoms with Crippen molar-refractivity contribution in [2.75, 3.05) is 0 Å². The molecule has 0 aliphatic rings. The summed E-state index contributed by atoms with van der Waals surface area (Å²) in [4.78, 5) is 11.3. The zero-order valence-electron chi connectivity index (χ0n) is 6.97. The van der Waals surface area contributed by atoms with Crippen LogP contribution in [-0.2, 0) is 0 Å². The fourth-order valence-corrected chi connectivity index (χ4v) is 1.69. The van der Waals surface area contributed by atoms with E-state index in [4.69, 9.17) is 28.3 Å². The van der Waals surface area contributed by atoms with Gasteiger partial charge < -0.3 is 5.11 Å². The summed E-state index contributed by atoms with van der Waals surface area (Å²) in [7, 11) is 0. The molecule has 2 nitrogen and oxygen atoms in total. The molecule has 4 heteroatoms. The van der Waals surface area contributed by atoms with Crippen LogP contribution in [0.1, 0.15) is 23.7 Å². The Balaban J connectivity index is 3.28. The summed E-state index contributed by atoms with van der Waals surface area (Å²) >= 11 is 11.5. The molecule has 0 amide bonds. The highest BCUT2D eigenvalue weighted by atomic mass is 35.5.